The van der Waals surface area contributed by atoms with Crippen LogP contribution in [0.2, 0.25) is 0 Å². The highest BCUT2D eigenvalue weighted by Gasteiger charge is 2.18. The third-order valence-electron chi connectivity index (χ3n) is 11.2. The van der Waals surface area contributed by atoms with Crippen molar-refractivity contribution in [2.75, 3.05) is 0 Å². The van der Waals surface area contributed by atoms with Crippen molar-refractivity contribution in [3.63, 3.8) is 0 Å². The van der Waals surface area contributed by atoms with E-state index in [-0.39, 0.29) is 21.7 Å². The van der Waals surface area contributed by atoms with Crippen LogP contribution in [0.15, 0.2) is 410 Å². The first-order valence-electron chi connectivity index (χ1n) is 29.7. The van der Waals surface area contributed by atoms with Crippen LogP contribution in [-0.2, 0) is 0 Å². The van der Waals surface area contributed by atoms with E-state index < -0.39 is 0 Å². The first-order valence-corrected chi connectivity index (χ1v) is 29.7. The van der Waals surface area contributed by atoms with Crippen molar-refractivity contribution in [1.82, 2.24) is 0 Å². The average molecular weight is 1130 g/mol. The number of allylic oxidation sites excluding steroid dienone is 66. The monoisotopic (exact) mass is 1130 g/mol. The topological polar surface area (TPSA) is 0 Å². The Morgan fingerprint density at radius 2 is 0.291 bits per heavy atom. The molecule has 0 heterocycles. The average Bonchev–Trinajstić information content (AvgIpc) is 3.31. The Kier molecular flexibility index (Phi) is 42.5. The summed E-state index contributed by atoms with van der Waals surface area (Å²) in [5, 5.41) is 0. The van der Waals surface area contributed by atoms with Gasteiger partial charge in [0, 0.05) is 22.3 Å². The molecule has 0 aromatic rings. The molecule has 0 unspecified atom stereocenters. The molecule has 0 N–H and O–H groups in total. The zero-order valence-electron chi connectivity index (χ0n) is 53.8. The van der Waals surface area contributed by atoms with Crippen LogP contribution in [0.25, 0.3) is 0 Å². The fraction of sp³-hybridized carbons (Fsp3) is 0.186. The van der Waals surface area contributed by atoms with Crippen LogP contribution in [0.4, 0.5) is 0 Å². The standard InChI is InChI=1S/C86H98/c1-83(2,3)79-71-67-63-59-55-51-47-43-39-35-31-27-23-19-15-13-16-21-25-29-33-37-41-45-49-53-57-61-65-69-73-81(85(7,8)9)77-78-82(86(10,11)12)74-70-66-62-58-54-50-46-42-38-34-30-26-22-18-14-17-20-24-28-32-36-40-44-48-52-56-60-64-68-72-80(76-75-79)84(4,5)6/h13-74H,1-12H3. The predicted octanol–water partition coefficient (Wildman–Crippen LogP) is 24.3. The summed E-state index contributed by atoms with van der Waals surface area (Å²) in [6.45, 7) is 26.4. The van der Waals surface area contributed by atoms with Gasteiger partial charge in [-0.25, -0.2) is 0 Å². The van der Waals surface area contributed by atoms with Gasteiger partial charge in [0.1, 0.15) is 0 Å². The van der Waals surface area contributed by atoms with E-state index >= 15 is 0 Å². The smallest absolute Gasteiger partial charge is 0.00775 e. The van der Waals surface area contributed by atoms with E-state index in [1.165, 1.54) is 0 Å². The summed E-state index contributed by atoms with van der Waals surface area (Å²) in [6, 6.07) is 0. The summed E-state index contributed by atoms with van der Waals surface area (Å²) in [4.78, 5) is 0. The van der Waals surface area contributed by atoms with Crippen LogP contribution in [-0.4, -0.2) is 0 Å². The van der Waals surface area contributed by atoms with Gasteiger partial charge in [0.15, 0.2) is 0 Å². The van der Waals surface area contributed by atoms with Gasteiger partial charge in [0.2, 0.25) is 0 Å². The van der Waals surface area contributed by atoms with Gasteiger partial charge in [-0.15, -0.1) is 0 Å². The first kappa shape index (κ1) is 74.6. The number of rotatable bonds is 0. The van der Waals surface area contributed by atoms with E-state index in [0.717, 1.165) is 22.3 Å². The Labute approximate surface area is 524 Å². The second kappa shape index (κ2) is 49.0. The molecule has 0 radical (unpaired) electrons. The van der Waals surface area contributed by atoms with E-state index in [4.69, 9.17) is 0 Å². The molecule has 0 bridgehead atoms. The van der Waals surface area contributed by atoms with Crippen LogP contribution in [0.5, 0.6) is 0 Å². The maximum absolute atomic E-state index is 3.49. The second-order valence-electron chi connectivity index (χ2n) is 23.0. The lowest BCUT2D eigenvalue weighted by molar-refractivity contribution is 0.514. The van der Waals surface area contributed by atoms with Crippen molar-refractivity contribution >= 4 is 0 Å². The lowest BCUT2D eigenvalue weighted by atomic mass is 9.83. The Hall–Kier alpha value is -9.46. The van der Waals surface area contributed by atoms with Gasteiger partial charge < -0.3 is 0 Å². The minimum absolute atomic E-state index is 0.0914. The van der Waals surface area contributed by atoms with Crippen molar-refractivity contribution in [2.24, 2.45) is 21.7 Å². The fourth-order valence-corrected chi connectivity index (χ4v) is 6.26. The van der Waals surface area contributed by atoms with Crippen LogP contribution < -0.4 is 0 Å². The van der Waals surface area contributed by atoms with Crippen LogP contribution >= 0.6 is 0 Å². The normalized spacial score (nSPS) is 16.2. The van der Waals surface area contributed by atoms with Crippen LogP contribution in [0.1, 0.15) is 83.1 Å². The molecule has 0 aromatic carbocycles. The molecule has 0 atom stereocenters. The Morgan fingerprint density at radius 3 is 0.419 bits per heavy atom. The quantitative estimate of drug-likeness (QED) is 0.168. The Morgan fingerprint density at radius 1 is 0.163 bits per heavy atom. The van der Waals surface area contributed by atoms with Crippen molar-refractivity contribution in [3.05, 3.63) is 410 Å². The highest BCUT2D eigenvalue weighted by atomic mass is 14.2. The maximum Gasteiger partial charge on any atom is 0.00775 e. The fourth-order valence-electron chi connectivity index (χ4n) is 6.26. The van der Waals surface area contributed by atoms with Gasteiger partial charge in [-0.2, -0.15) is 0 Å². The molecule has 0 fully saturated rings. The van der Waals surface area contributed by atoms with E-state index in [9.17, 15) is 0 Å². The second-order valence-corrected chi connectivity index (χ2v) is 23.0. The zero-order chi connectivity index (χ0) is 63.0. The molecule has 0 saturated carbocycles. The van der Waals surface area contributed by atoms with E-state index in [1.54, 1.807) is 0 Å². The lowest BCUT2D eigenvalue weighted by Gasteiger charge is -2.20. The van der Waals surface area contributed by atoms with Crippen molar-refractivity contribution in [1.29, 1.82) is 0 Å². The number of hydrogen-bond acceptors (Lipinski definition) is 0. The van der Waals surface area contributed by atoms with E-state index in [0.29, 0.717) is 0 Å². The summed E-state index contributed by atoms with van der Waals surface area (Å²) in [5.41, 5.74) is 10.9. The highest BCUT2D eigenvalue weighted by Crippen LogP contribution is 2.29. The molecular weight excluding hydrogens is 1030 g/mol. The summed E-state index contributed by atoms with van der Waals surface area (Å²) >= 11 is 0. The minimum atomic E-state index is -0.0914. The van der Waals surface area contributed by atoms with Crippen LogP contribution in [0.3, 0.4) is 0 Å². The molecule has 1 aliphatic carbocycles. The van der Waals surface area contributed by atoms with Gasteiger partial charge >= 0.3 is 0 Å². The molecule has 86 heavy (non-hydrogen) atoms. The molecule has 0 saturated heterocycles. The molecule has 442 valence electrons. The van der Waals surface area contributed by atoms with Gasteiger partial charge in [-0.05, 0) is 21.7 Å². The first-order chi connectivity index (χ1) is 41.4. The SMILES string of the molecule is CC(C)(C)C1=C=C=C(C(C)(C)C)C=CC=CC=CC=CC=CC=CC=CC=CC=CC=CC=CC=CC=CC=CC=CC=C(C(C)(C)C)C#CC(C(C)(C)C)=CC=CC=CC=CC=CC=CC=CC=CC=CC=CC=CC=CC=CC=CC=CC=C1. The highest BCUT2D eigenvalue weighted by molar-refractivity contribution is 5.46. The number of hydrogen-bond donors (Lipinski definition) is 0. The maximum atomic E-state index is 3.49. The summed E-state index contributed by atoms with van der Waals surface area (Å²) in [7, 11) is 0. The van der Waals surface area contributed by atoms with E-state index in [1.807, 2.05) is 328 Å². The van der Waals surface area contributed by atoms with Gasteiger partial charge in [-0.1, -0.05) is 483 Å². The molecule has 0 heteroatoms. The summed E-state index contributed by atoms with van der Waals surface area (Å²) in [6.07, 6.45) is 125. The van der Waals surface area contributed by atoms with Gasteiger partial charge in [0.25, 0.3) is 0 Å². The lowest BCUT2D eigenvalue weighted by Crippen LogP contribution is -2.10. The predicted molar refractivity (Wildman–Crippen MR) is 390 cm³/mol. The molecule has 0 spiro atoms. The largest absolute Gasteiger partial charge is 0.0659 e. The molecule has 0 aromatic heterocycles. The molecule has 0 aliphatic heterocycles. The molecule has 0 nitrogen and oxygen atoms in total. The third kappa shape index (κ3) is 47.1. The zero-order valence-corrected chi connectivity index (χ0v) is 53.8. The van der Waals surface area contributed by atoms with E-state index in [2.05, 4.69) is 155 Å². The van der Waals surface area contributed by atoms with Gasteiger partial charge in [-0.3, -0.25) is 0 Å². The Balaban J connectivity index is 3.19. The van der Waals surface area contributed by atoms with Crippen molar-refractivity contribution in [2.45, 2.75) is 83.1 Å². The van der Waals surface area contributed by atoms with Crippen molar-refractivity contribution < 1.29 is 0 Å². The molecule has 0 amide bonds. The molecule has 1 rings (SSSR count). The molecule has 1 aliphatic rings. The summed E-state index contributed by atoms with van der Waals surface area (Å²) < 4.78 is 0. The summed E-state index contributed by atoms with van der Waals surface area (Å²) in [5.74, 6) is 6.97. The minimum Gasteiger partial charge on any atom is -0.0659 e. The van der Waals surface area contributed by atoms with Crippen molar-refractivity contribution in [3.8, 4) is 11.8 Å². The van der Waals surface area contributed by atoms with Gasteiger partial charge in [0.05, 0.1) is 0 Å². The Bertz CT molecular complexity index is 3000. The van der Waals surface area contributed by atoms with Crippen LogP contribution in [0, 0.1) is 33.5 Å². The molecular formula is C86H98. The third-order valence-corrected chi connectivity index (χ3v) is 11.2.